The van der Waals surface area contributed by atoms with Gasteiger partial charge in [0.1, 0.15) is 5.78 Å². The summed E-state index contributed by atoms with van der Waals surface area (Å²) in [7, 11) is 1.60. The van der Waals surface area contributed by atoms with E-state index in [1.165, 1.54) is 0 Å². The maximum absolute atomic E-state index is 12.0. The molecule has 3 heteroatoms. The molecule has 0 saturated heterocycles. The molecule has 0 bridgehead atoms. The monoisotopic (exact) mass is 253 g/mol. The van der Waals surface area contributed by atoms with Crippen LogP contribution in [0.4, 0.5) is 0 Å². The fourth-order valence-electron chi connectivity index (χ4n) is 1.93. The number of ether oxygens (including phenoxy) is 1. The summed E-state index contributed by atoms with van der Waals surface area (Å²) in [5.41, 5.74) is 0.355. The predicted molar refractivity (Wildman–Crippen MR) is 76.0 cm³/mol. The van der Waals surface area contributed by atoms with Crippen LogP contribution in [0, 0.1) is 11.3 Å². The molecule has 0 aliphatic rings. The Morgan fingerprint density at radius 2 is 2.00 bits per heavy atom. The van der Waals surface area contributed by atoms with E-state index in [0.29, 0.717) is 5.71 Å². The van der Waals surface area contributed by atoms with E-state index in [1.807, 2.05) is 13.8 Å². The van der Waals surface area contributed by atoms with Gasteiger partial charge in [0.15, 0.2) is 0 Å². The molecule has 0 fully saturated rings. The van der Waals surface area contributed by atoms with Crippen LogP contribution in [0.5, 0.6) is 0 Å². The minimum Gasteiger partial charge on any atom is -0.501 e. The number of ketones is 1. The summed E-state index contributed by atoms with van der Waals surface area (Å²) in [6, 6.07) is 0. The molecule has 0 aliphatic carbocycles. The van der Waals surface area contributed by atoms with Crippen LogP contribution in [-0.2, 0) is 9.53 Å². The number of Topliss-reactive ketones (excluding diaryl/α,β-unsaturated/α-hetero) is 1. The van der Waals surface area contributed by atoms with E-state index in [2.05, 4.69) is 6.92 Å². The minimum atomic E-state index is 0.117. The number of carbonyl (C=O) groups excluding carboxylic acids is 1. The van der Waals surface area contributed by atoms with Crippen LogP contribution >= 0.6 is 0 Å². The van der Waals surface area contributed by atoms with Crippen molar-refractivity contribution < 1.29 is 9.53 Å². The second-order valence-electron chi connectivity index (χ2n) is 4.58. The molecule has 0 saturated carbocycles. The SMILES string of the molecule is CCCCC(CC)C(=O)CC(=N)/C=C(/CC)OC. The molecule has 0 rings (SSSR count). The Labute approximate surface area is 111 Å². The zero-order chi connectivity index (χ0) is 14.0. The van der Waals surface area contributed by atoms with E-state index in [0.717, 1.165) is 37.9 Å². The van der Waals surface area contributed by atoms with Crippen molar-refractivity contribution in [3.63, 3.8) is 0 Å². The second kappa shape index (κ2) is 9.86. The smallest absolute Gasteiger partial charge is 0.141 e. The van der Waals surface area contributed by atoms with Crippen LogP contribution in [0.2, 0.25) is 0 Å². The molecular weight excluding hydrogens is 226 g/mol. The molecule has 0 aromatic heterocycles. The van der Waals surface area contributed by atoms with Crippen LogP contribution < -0.4 is 0 Å². The van der Waals surface area contributed by atoms with Crippen LogP contribution in [0.15, 0.2) is 11.8 Å². The Morgan fingerprint density at radius 1 is 1.33 bits per heavy atom. The van der Waals surface area contributed by atoms with E-state index in [4.69, 9.17) is 10.1 Å². The van der Waals surface area contributed by atoms with E-state index in [-0.39, 0.29) is 18.1 Å². The lowest BCUT2D eigenvalue weighted by Crippen LogP contribution is -2.17. The standard InChI is InChI=1S/C15H27NO2/c1-5-8-9-12(6-2)15(17)11-13(16)10-14(7-3)18-4/h10,12,16H,5-9,11H2,1-4H3/b14-10-,16-13?. The van der Waals surface area contributed by atoms with Crippen molar-refractivity contribution in [2.45, 2.75) is 59.3 Å². The highest BCUT2D eigenvalue weighted by molar-refractivity contribution is 6.06. The third-order valence-electron chi connectivity index (χ3n) is 3.16. The summed E-state index contributed by atoms with van der Waals surface area (Å²) in [5, 5.41) is 7.82. The van der Waals surface area contributed by atoms with Gasteiger partial charge in [-0.25, -0.2) is 0 Å². The average molecular weight is 253 g/mol. The van der Waals surface area contributed by atoms with E-state index >= 15 is 0 Å². The first-order valence-corrected chi connectivity index (χ1v) is 6.93. The molecule has 0 aromatic rings. The van der Waals surface area contributed by atoms with Gasteiger partial charge in [-0.3, -0.25) is 4.79 Å². The number of hydrogen-bond acceptors (Lipinski definition) is 3. The summed E-state index contributed by atoms with van der Waals surface area (Å²) >= 11 is 0. The first-order chi connectivity index (χ1) is 8.58. The van der Waals surface area contributed by atoms with E-state index < -0.39 is 0 Å². The Hall–Kier alpha value is -1.12. The number of allylic oxidation sites excluding steroid dienone is 2. The lowest BCUT2D eigenvalue weighted by atomic mass is 9.92. The van der Waals surface area contributed by atoms with E-state index in [1.54, 1.807) is 13.2 Å². The van der Waals surface area contributed by atoms with Gasteiger partial charge in [-0.15, -0.1) is 0 Å². The summed E-state index contributed by atoms with van der Waals surface area (Å²) in [6.45, 7) is 6.15. The maximum Gasteiger partial charge on any atom is 0.141 e. The van der Waals surface area contributed by atoms with Gasteiger partial charge >= 0.3 is 0 Å². The zero-order valence-electron chi connectivity index (χ0n) is 12.2. The highest BCUT2D eigenvalue weighted by atomic mass is 16.5. The van der Waals surface area contributed by atoms with Gasteiger partial charge in [-0.1, -0.05) is 33.6 Å². The van der Waals surface area contributed by atoms with Gasteiger partial charge in [-0.2, -0.15) is 0 Å². The van der Waals surface area contributed by atoms with Crippen molar-refractivity contribution in [3.8, 4) is 0 Å². The molecule has 1 atom stereocenters. The lowest BCUT2D eigenvalue weighted by molar-refractivity contribution is -0.122. The van der Waals surface area contributed by atoms with E-state index in [9.17, 15) is 4.79 Å². The Bertz CT molecular complexity index is 289. The van der Waals surface area contributed by atoms with Crippen LogP contribution in [0.25, 0.3) is 0 Å². The van der Waals surface area contributed by atoms with Gasteiger partial charge in [0, 0.05) is 24.5 Å². The molecule has 1 unspecified atom stereocenters. The Balaban J connectivity index is 4.36. The van der Waals surface area contributed by atoms with Gasteiger partial charge in [0.2, 0.25) is 0 Å². The fraction of sp³-hybridized carbons (Fsp3) is 0.733. The molecule has 18 heavy (non-hydrogen) atoms. The number of hydrogen-bond donors (Lipinski definition) is 1. The molecule has 0 radical (unpaired) electrons. The number of nitrogens with one attached hydrogen (secondary N) is 1. The topological polar surface area (TPSA) is 50.2 Å². The number of methoxy groups -OCH3 is 1. The van der Waals surface area contributed by atoms with Gasteiger partial charge in [-0.05, 0) is 18.9 Å². The minimum absolute atomic E-state index is 0.117. The fourth-order valence-corrected chi connectivity index (χ4v) is 1.93. The quantitative estimate of drug-likeness (QED) is 0.470. The molecule has 104 valence electrons. The van der Waals surface area contributed by atoms with Crippen LogP contribution in [0.3, 0.4) is 0 Å². The Morgan fingerprint density at radius 3 is 2.44 bits per heavy atom. The first kappa shape index (κ1) is 16.9. The van der Waals surface area contributed by atoms with Crippen LogP contribution in [-0.4, -0.2) is 18.6 Å². The summed E-state index contributed by atoms with van der Waals surface area (Å²) in [4.78, 5) is 12.0. The molecule has 0 aliphatic heterocycles. The lowest BCUT2D eigenvalue weighted by Gasteiger charge is -2.13. The third-order valence-corrected chi connectivity index (χ3v) is 3.16. The molecular formula is C15H27NO2. The second-order valence-corrected chi connectivity index (χ2v) is 4.58. The van der Waals surface area contributed by atoms with Crippen molar-refractivity contribution in [1.29, 1.82) is 5.41 Å². The number of carbonyl (C=O) groups is 1. The molecule has 0 heterocycles. The van der Waals surface area contributed by atoms with Gasteiger partial charge in [0.25, 0.3) is 0 Å². The first-order valence-electron chi connectivity index (χ1n) is 6.93. The van der Waals surface area contributed by atoms with Crippen molar-refractivity contribution in [3.05, 3.63) is 11.8 Å². The maximum atomic E-state index is 12.0. The summed E-state index contributed by atoms with van der Waals surface area (Å²) in [6.07, 6.45) is 6.69. The summed E-state index contributed by atoms with van der Waals surface area (Å²) < 4.78 is 5.11. The van der Waals surface area contributed by atoms with Crippen LogP contribution in [0.1, 0.15) is 59.3 Å². The zero-order valence-corrected chi connectivity index (χ0v) is 12.2. The highest BCUT2D eigenvalue weighted by Gasteiger charge is 2.16. The normalized spacial score (nSPS) is 13.2. The summed E-state index contributed by atoms with van der Waals surface area (Å²) in [5.74, 6) is 1.07. The van der Waals surface area contributed by atoms with Gasteiger partial charge < -0.3 is 10.1 Å². The number of unbranched alkanes of at least 4 members (excludes halogenated alkanes) is 1. The Kier molecular flexibility index (Phi) is 9.25. The largest absolute Gasteiger partial charge is 0.501 e. The molecule has 0 spiro atoms. The van der Waals surface area contributed by atoms with Crippen molar-refractivity contribution >= 4 is 11.5 Å². The highest BCUT2D eigenvalue weighted by Crippen LogP contribution is 2.16. The predicted octanol–water partition coefficient (Wildman–Crippen LogP) is 4.12. The van der Waals surface area contributed by atoms with Crippen molar-refractivity contribution in [2.24, 2.45) is 5.92 Å². The average Bonchev–Trinajstić information content (AvgIpc) is 2.36. The van der Waals surface area contributed by atoms with Crippen molar-refractivity contribution in [1.82, 2.24) is 0 Å². The molecule has 1 N–H and O–H groups in total. The van der Waals surface area contributed by atoms with Gasteiger partial charge in [0.05, 0.1) is 12.9 Å². The molecule has 0 aromatic carbocycles. The number of rotatable bonds is 10. The van der Waals surface area contributed by atoms with Crippen molar-refractivity contribution in [2.75, 3.05) is 7.11 Å². The molecule has 3 nitrogen and oxygen atoms in total. The molecule has 0 amide bonds. The third kappa shape index (κ3) is 6.58.